The van der Waals surface area contributed by atoms with E-state index in [2.05, 4.69) is 17.6 Å². The second-order valence-electron chi connectivity index (χ2n) is 5.63. The zero-order valence-corrected chi connectivity index (χ0v) is 12.9. The Kier molecular flexibility index (Phi) is 5.20. The van der Waals surface area contributed by atoms with Crippen LogP contribution in [0.2, 0.25) is 0 Å². The van der Waals surface area contributed by atoms with Gasteiger partial charge in [-0.3, -0.25) is 4.79 Å². The summed E-state index contributed by atoms with van der Waals surface area (Å²) in [5, 5.41) is 6.18. The molecule has 0 radical (unpaired) electrons. The molecule has 5 heteroatoms. The maximum Gasteiger partial charge on any atom is 0.253 e. The van der Waals surface area contributed by atoms with Crippen LogP contribution in [0.25, 0.3) is 0 Å². The SMILES string of the molecule is CCCNc1ccccc1C(=O)NCC1COC(C)(C)O1. The maximum absolute atomic E-state index is 12.3. The molecule has 1 aliphatic rings. The molecule has 21 heavy (non-hydrogen) atoms. The third kappa shape index (κ3) is 4.44. The van der Waals surface area contributed by atoms with Gasteiger partial charge in [0, 0.05) is 18.8 Å². The second-order valence-corrected chi connectivity index (χ2v) is 5.63. The molecular formula is C16H24N2O3. The summed E-state index contributed by atoms with van der Waals surface area (Å²) in [6.45, 7) is 7.64. The second kappa shape index (κ2) is 6.91. The van der Waals surface area contributed by atoms with Gasteiger partial charge >= 0.3 is 0 Å². The molecule has 0 saturated carbocycles. The number of hydrogen-bond acceptors (Lipinski definition) is 4. The smallest absolute Gasteiger partial charge is 0.253 e. The minimum absolute atomic E-state index is 0.0949. The third-order valence-corrected chi connectivity index (χ3v) is 3.29. The molecule has 1 fully saturated rings. The molecule has 2 rings (SSSR count). The van der Waals surface area contributed by atoms with Gasteiger partial charge in [0.2, 0.25) is 0 Å². The Labute approximate surface area is 126 Å². The lowest BCUT2D eigenvalue weighted by molar-refractivity contribution is -0.137. The van der Waals surface area contributed by atoms with E-state index in [1.54, 1.807) is 0 Å². The molecule has 2 N–H and O–H groups in total. The fraction of sp³-hybridized carbons (Fsp3) is 0.562. The summed E-state index contributed by atoms with van der Waals surface area (Å²) in [6, 6.07) is 7.53. The number of amides is 1. The van der Waals surface area contributed by atoms with Crippen LogP contribution >= 0.6 is 0 Å². The van der Waals surface area contributed by atoms with Gasteiger partial charge < -0.3 is 20.1 Å². The lowest BCUT2D eigenvalue weighted by Crippen LogP contribution is -2.34. The molecule has 0 aromatic heterocycles. The van der Waals surface area contributed by atoms with Crippen molar-refractivity contribution in [3.05, 3.63) is 29.8 Å². The first kappa shape index (κ1) is 15.8. The minimum atomic E-state index is -0.560. The topological polar surface area (TPSA) is 59.6 Å². The van der Waals surface area contributed by atoms with E-state index in [-0.39, 0.29) is 12.0 Å². The highest BCUT2D eigenvalue weighted by molar-refractivity contribution is 5.99. The number of hydrogen-bond donors (Lipinski definition) is 2. The number of carbonyl (C=O) groups excluding carboxylic acids is 1. The highest BCUT2D eigenvalue weighted by Crippen LogP contribution is 2.22. The standard InChI is InChI=1S/C16H24N2O3/c1-4-9-17-14-8-6-5-7-13(14)15(19)18-10-12-11-20-16(2,3)21-12/h5-8,12,17H,4,9-11H2,1-3H3,(H,18,19). The highest BCUT2D eigenvalue weighted by atomic mass is 16.7. The van der Waals surface area contributed by atoms with Crippen LogP contribution < -0.4 is 10.6 Å². The Bertz CT molecular complexity index is 488. The fourth-order valence-electron chi connectivity index (χ4n) is 2.26. The Morgan fingerprint density at radius 1 is 1.38 bits per heavy atom. The van der Waals surface area contributed by atoms with Gasteiger partial charge in [-0.1, -0.05) is 19.1 Å². The van der Waals surface area contributed by atoms with Crippen molar-refractivity contribution in [3.8, 4) is 0 Å². The summed E-state index contributed by atoms with van der Waals surface area (Å²) in [5.74, 6) is -0.654. The zero-order chi connectivity index (χ0) is 15.3. The van der Waals surface area contributed by atoms with Crippen molar-refractivity contribution < 1.29 is 14.3 Å². The molecule has 1 heterocycles. The largest absolute Gasteiger partial charge is 0.384 e. The summed E-state index contributed by atoms with van der Waals surface area (Å²) >= 11 is 0. The molecule has 1 aromatic rings. The Morgan fingerprint density at radius 2 is 2.14 bits per heavy atom. The molecule has 116 valence electrons. The number of anilines is 1. The van der Waals surface area contributed by atoms with Gasteiger partial charge in [0.1, 0.15) is 6.10 Å². The molecular weight excluding hydrogens is 268 g/mol. The molecule has 1 unspecified atom stereocenters. The van der Waals surface area contributed by atoms with Crippen LogP contribution in [0.5, 0.6) is 0 Å². The van der Waals surface area contributed by atoms with Crippen LogP contribution in [0.3, 0.4) is 0 Å². The lowest BCUT2D eigenvalue weighted by atomic mass is 10.1. The Balaban J connectivity index is 1.91. The van der Waals surface area contributed by atoms with Crippen LogP contribution in [-0.4, -0.2) is 37.5 Å². The van der Waals surface area contributed by atoms with Crippen LogP contribution in [0.4, 0.5) is 5.69 Å². The lowest BCUT2D eigenvalue weighted by Gasteiger charge is -2.17. The highest BCUT2D eigenvalue weighted by Gasteiger charge is 2.32. The summed E-state index contributed by atoms with van der Waals surface area (Å²) in [4.78, 5) is 12.3. The molecule has 5 nitrogen and oxygen atoms in total. The number of ether oxygens (including phenoxy) is 2. The summed E-state index contributed by atoms with van der Waals surface area (Å²) in [7, 11) is 0. The summed E-state index contributed by atoms with van der Waals surface area (Å²) < 4.78 is 11.2. The van der Waals surface area contributed by atoms with E-state index < -0.39 is 5.79 Å². The van der Waals surface area contributed by atoms with Crippen LogP contribution in [0, 0.1) is 0 Å². The van der Waals surface area contributed by atoms with Gasteiger partial charge in [0.05, 0.1) is 12.2 Å². The van der Waals surface area contributed by atoms with Crippen LogP contribution in [0.1, 0.15) is 37.6 Å². The molecule has 0 aliphatic carbocycles. The van der Waals surface area contributed by atoms with Crippen molar-refractivity contribution in [2.75, 3.05) is 25.0 Å². The van der Waals surface area contributed by atoms with E-state index in [9.17, 15) is 4.79 Å². The number of nitrogens with one attached hydrogen (secondary N) is 2. The average Bonchev–Trinajstić information content (AvgIpc) is 2.82. The first-order valence-corrected chi connectivity index (χ1v) is 7.44. The first-order valence-electron chi connectivity index (χ1n) is 7.44. The van der Waals surface area contributed by atoms with E-state index >= 15 is 0 Å². The van der Waals surface area contributed by atoms with E-state index in [4.69, 9.17) is 9.47 Å². The minimum Gasteiger partial charge on any atom is -0.384 e. The predicted octanol–water partition coefficient (Wildman–Crippen LogP) is 2.39. The monoisotopic (exact) mass is 292 g/mol. The van der Waals surface area contributed by atoms with Crippen molar-refractivity contribution >= 4 is 11.6 Å². The van der Waals surface area contributed by atoms with Crippen molar-refractivity contribution in [1.29, 1.82) is 0 Å². The molecule has 0 bridgehead atoms. The molecule has 1 saturated heterocycles. The van der Waals surface area contributed by atoms with Gasteiger partial charge in [-0.15, -0.1) is 0 Å². The van der Waals surface area contributed by atoms with Crippen molar-refractivity contribution in [1.82, 2.24) is 5.32 Å². The maximum atomic E-state index is 12.3. The Hall–Kier alpha value is -1.59. The number of para-hydroxylation sites is 1. The van der Waals surface area contributed by atoms with Gasteiger partial charge in [0.25, 0.3) is 5.91 Å². The summed E-state index contributed by atoms with van der Waals surface area (Å²) in [5.41, 5.74) is 1.52. The van der Waals surface area contributed by atoms with E-state index in [1.807, 2.05) is 38.1 Å². The van der Waals surface area contributed by atoms with Gasteiger partial charge in [-0.25, -0.2) is 0 Å². The van der Waals surface area contributed by atoms with Crippen molar-refractivity contribution in [2.24, 2.45) is 0 Å². The van der Waals surface area contributed by atoms with Gasteiger partial charge in [-0.2, -0.15) is 0 Å². The average molecular weight is 292 g/mol. The van der Waals surface area contributed by atoms with Crippen LogP contribution in [0.15, 0.2) is 24.3 Å². The first-order chi connectivity index (χ1) is 10.0. The molecule has 0 spiro atoms. The zero-order valence-electron chi connectivity index (χ0n) is 12.9. The van der Waals surface area contributed by atoms with Crippen molar-refractivity contribution in [3.63, 3.8) is 0 Å². The normalized spacial score (nSPS) is 20.2. The Morgan fingerprint density at radius 3 is 2.81 bits per heavy atom. The van der Waals surface area contributed by atoms with Gasteiger partial charge in [0.15, 0.2) is 5.79 Å². The molecule has 1 atom stereocenters. The quantitative estimate of drug-likeness (QED) is 0.845. The third-order valence-electron chi connectivity index (χ3n) is 3.29. The fourth-order valence-corrected chi connectivity index (χ4v) is 2.26. The number of rotatable bonds is 6. The number of carbonyl (C=O) groups is 1. The van der Waals surface area contributed by atoms with Crippen molar-refractivity contribution in [2.45, 2.75) is 39.1 Å². The summed E-state index contributed by atoms with van der Waals surface area (Å²) in [6.07, 6.45) is 0.915. The molecule has 1 amide bonds. The number of benzene rings is 1. The van der Waals surface area contributed by atoms with E-state index in [0.717, 1.165) is 18.7 Å². The van der Waals surface area contributed by atoms with E-state index in [1.165, 1.54) is 0 Å². The predicted molar refractivity (Wildman–Crippen MR) is 82.5 cm³/mol. The van der Waals surface area contributed by atoms with E-state index in [0.29, 0.717) is 18.7 Å². The van der Waals surface area contributed by atoms with Crippen LogP contribution in [-0.2, 0) is 9.47 Å². The van der Waals surface area contributed by atoms with Gasteiger partial charge in [-0.05, 0) is 32.4 Å². The molecule has 1 aliphatic heterocycles. The molecule has 1 aromatic carbocycles.